The maximum absolute atomic E-state index is 13.5. The third kappa shape index (κ3) is 2.59. The van der Waals surface area contributed by atoms with Gasteiger partial charge in [-0.1, -0.05) is 91.0 Å². The van der Waals surface area contributed by atoms with Crippen LogP contribution < -0.4 is 4.90 Å². The van der Waals surface area contributed by atoms with Crippen molar-refractivity contribution in [2.24, 2.45) is 23.7 Å². The lowest BCUT2D eigenvalue weighted by Crippen LogP contribution is -2.33. The first-order valence-electron chi connectivity index (χ1n) is 10.7. The van der Waals surface area contributed by atoms with E-state index in [4.69, 9.17) is 0 Å². The zero-order valence-electron chi connectivity index (χ0n) is 16.9. The van der Waals surface area contributed by atoms with Gasteiger partial charge in [0.25, 0.3) is 0 Å². The van der Waals surface area contributed by atoms with E-state index in [0.717, 1.165) is 16.7 Å². The molecule has 0 N–H and O–H groups in total. The summed E-state index contributed by atoms with van der Waals surface area (Å²) in [6.45, 7) is 0. The molecule has 0 radical (unpaired) electrons. The topological polar surface area (TPSA) is 37.4 Å². The molecule has 0 unspecified atom stereocenters. The maximum Gasteiger partial charge on any atom is 0.238 e. The summed E-state index contributed by atoms with van der Waals surface area (Å²) in [7, 11) is 0. The monoisotopic (exact) mass is 403 g/mol. The second-order valence-corrected chi connectivity index (χ2v) is 8.40. The van der Waals surface area contributed by atoms with Gasteiger partial charge in [0.15, 0.2) is 0 Å². The van der Waals surface area contributed by atoms with Crippen molar-refractivity contribution in [1.29, 1.82) is 0 Å². The molecule has 3 aromatic carbocycles. The minimum Gasteiger partial charge on any atom is -0.274 e. The lowest BCUT2D eigenvalue weighted by atomic mass is 9.85. The highest BCUT2D eigenvalue weighted by Gasteiger charge is 2.62. The highest BCUT2D eigenvalue weighted by molar-refractivity contribution is 6.23. The average Bonchev–Trinajstić information content (AvgIpc) is 3.45. The van der Waals surface area contributed by atoms with Crippen molar-refractivity contribution >= 4 is 23.1 Å². The van der Waals surface area contributed by atoms with Gasteiger partial charge in [-0.2, -0.15) is 0 Å². The molecule has 3 nitrogen and oxygen atoms in total. The van der Waals surface area contributed by atoms with E-state index in [9.17, 15) is 9.59 Å². The fraction of sp³-hybridized carbons (Fsp3) is 0.143. The molecule has 2 bridgehead atoms. The summed E-state index contributed by atoms with van der Waals surface area (Å²) in [5, 5.41) is 0. The largest absolute Gasteiger partial charge is 0.274 e. The van der Waals surface area contributed by atoms with Gasteiger partial charge in [0.05, 0.1) is 17.5 Å². The summed E-state index contributed by atoms with van der Waals surface area (Å²) in [5.41, 5.74) is 5.29. The van der Waals surface area contributed by atoms with Gasteiger partial charge in [0.1, 0.15) is 0 Å². The Kier molecular flexibility index (Phi) is 4.03. The molecule has 1 saturated heterocycles. The van der Waals surface area contributed by atoms with Crippen molar-refractivity contribution in [2.75, 3.05) is 4.90 Å². The van der Waals surface area contributed by atoms with Crippen molar-refractivity contribution in [3.8, 4) is 0 Å². The van der Waals surface area contributed by atoms with Gasteiger partial charge >= 0.3 is 0 Å². The first-order chi connectivity index (χ1) is 15.3. The summed E-state index contributed by atoms with van der Waals surface area (Å²) in [5.74, 6) is -0.876. The van der Waals surface area contributed by atoms with Crippen LogP contribution >= 0.6 is 0 Å². The molecule has 1 heterocycles. The molecular formula is C28H21NO2. The third-order valence-corrected chi connectivity index (χ3v) is 6.84. The number of imide groups is 1. The molecule has 2 fully saturated rings. The Bertz CT molecular complexity index is 1150. The fourth-order valence-corrected chi connectivity index (χ4v) is 5.64. The number of hydrogen-bond donors (Lipinski definition) is 0. The van der Waals surface area contributed by atoms with E-state index in [1.165, 1.54) is 10.5 Å². The van der Waals surface area contributed by atoms with Gasteiger partial charge in [0, 0.05) is 11.8 Å². The lowest BCUT2D eigenvalue weighted by Gasteiger charge is -2.21. The number of para-hydroxylation sites is 1. The van der Waals surface area contributed by atoms with Crippen molar-refractivity contribution in [3.63, 3.8) is 0 Å². The Morgan fingerprint density at radius 3 is 1.45 bits per heavy atom. The molecule has 3 heteroatoms. The van der Waals surface area contributed by atoms with Crippen LogP contribution in [0.2, 0.25) is 0 Å². The molecule has 1 saturated carbocycles. The van der Waals surface area contributed by atoms with E-state index in [1.807, 2.05) is 66.7 Å². The fourth-order valence-electron chi connectivity index (χ4n) is 5.64. The van der Waals surface area contributed by atoms with E-state index in [-0.39, 0.29) is 35.5 Å². The lowest BCUT2D eigenvalue weighted by molar-refractivity contribution is -0.122. The number of carbonyl (C=O) groups excluding carboxylic acids is 2. The number of allylic oxidation sites excluding steroid dienone is 3. The summed E-state index contributed by atoms with van der Waals surface area (Å²) < 4.78 is 0. The van der Waals surface area contributed by atoms with Crippen molar-refractivity contribution in [3.05, 3.63) is 120 Å². The number of rotatable bonds is 3. The molecule has 150 valence electrons. The minimum absolute atomic E-state index is 0.0458. The van der Waals surface area contributed by atoms with Crippen LogP contribution in [-0.4, -0.2) is 11.8 Å². The second kappa shape index (κ2) is 6.92. The van der Waals surface area contributed by atoms with Crippen LogP contribution in [0.15, 0.2) is 109 Å². The number of carbonyl (C=O) groups is 2. The quantitative estimate of drug-likeness (QED) is 0.450. The number of benzene rings is 3. The van der Waals surface area contributed by atoms with Gasteiger partial charge in [-0.3, -0.25) is 9.59 Å². The van der Waals surface area contributed by atoms with Gasteiger partial charge < -0.3 is 0 Å². The highest BCUT2D eigenvalue weighted by atomic mass is 16.2. The van der Waals surface area contributed by atoms with Crippen LogP contribution in [-0.2, 0) is 9.59 Å². The molecule has 3 aromatic rings. The van der Waals surface area contributed by atoms with Crippen LogP contribution in [0.5, 0.6) is 0 Å². The Labute approximate surface area is 181 Å². The number of anilines is 1. The normalized spacial score (nSPS) is 25.9. The molecule has 2 amide bonds. The Balaban J connectivity index is 1.50. The van der Waals surface area contributed by atoms with Crippen LogP contribution in [0.3, 0.4) is 0 Å². The summed E-state index contributed by atoms with van der Waals surface area (Å²) in [4.78, 5) is 28.4. The van der Waals surface area contributed by atoms with Crippen LogP contribution in [0.4, 0.5) is 5.69 Å². The molecular weight excluding hydrogens is 382 g/mol. The third-order valence-electron chi connectivity index (χ3n) is 6.84. The highest BCUT2D eigenvalue weighted by Crippen LogP contribution is 2.58. The zero-order chi connectivity index (χ0) is 20.9. The van der Waals surface area contributed by atoms with Crippen LogP contribution in [0.25, 0.3) is 5.57 Å². The molecule has 4 atom stereocenters. The number of hydrogen-bond acceptors (Lipinski definition) is 2. The van der Waals surface area contributed by atoms with Gasteiger partial charge in [0.2, 0.25) is 11.8 Å². The standard InChI is InChI=1S/C28H21NO2/c30-27-25-21-16-17-22(26(25)28(31)29(27)20-14-8-3-9-15-20)24(21)23(18-10-4-1-5-11-18)19-12-6-2-7-13-19/h1-17,21-22,25-26H/t21-,22-,25-,26-/m0/s1. The Morgan fingerprint density at radius 1 is 0.581 bits per heavy atom. The first-order valence-corrected chi connectivity index (χ1v) is 10.7. The molecule has 3 aliphatic rings. The SMILES string of the molecule is O=C1[C@@H]2[C@@H](C(=O)N1c1ccccc1)[C@H]1C=C[C@H]2C1=C(c1ccccc1)c1ccccc1. The van der Waals surface area contributed by atoms with Crippen molar-refractivity contribution in [1.82, 2.24) is 0 Å². The van der Waals surface area contributed by atoms with Crippen molar-refractivity contribution in [2.45, 2.75) is 0 Å². The van der Waals surface area contributed by atoms with Gasteiger partial charge in [-0.05, 0) is 34.4 Å². The predicted octanol–water partition coefficient (Wildman–Crippen LogP) is 5.11. The number of amides is 2. The van der Waals surface area contributed by atoms with Gasteiger partial charge in [-0.25, -0.2) is 4.90 Å². The maximum atomic E-state index is 13.5. The average molecular weight is 403 g/mol. The summed E-state index contributed by atoms with van der Waals surface area (Å²) in [6, 6.07) is 29.9. The van der Waals surface area contributed by atoms with E-state index in [2.05, 4.69) is 36.4 Å². The minimum atomic E-state index is -0.319. The Morgan fingerprint density at radius 2 is 1.00 bits per heavy atom. The van der Waals surface area contributed by atoms with Crippen LogP contribution in [0.1, 0.15) is 11.1 Å². The van der Waals surface area contributed by atoms with E-state index >= 15 is 0 Å². The van der Waals surface area contributed by atoms with Gasteiger partial charge in [-0.15, -0.1) is 0 Å². The van der Waals surface area contributed by atoms with E-state index in [1.54, 1.807) is 0 Å². The summed E-state index contributed by atoms with van der Waals surface area (Å²) in [6.07, 6.45) is 4.29. The summed E-state index contributed by atoms with van der Waals surface area (Å²) >= 11 is 0. The second-order valence-electron chi connectivity index (χ2n) is 8.40. The molecule has 6 rings (SSSR count). The van der Waals surface area contributed by atoms with E-state index < -0.39 is 0 Å². The molecule has 2 aliphatic carbocycles. The van der Waals surface area contributed by atoms with Crippen LogP contribution in [0, 0.1) is 23.7 Å². The van der Waals surface area contributed by atoms with Crippen molar-refractivity contribution < 1.29 is 9.59 Å². The smallest absolute Gasteiger partial charge is 0.238 e. The molecule has 1 aliphatic heterocycles. The van der Waals surface area contributed by atoms with E-state index in [0.29, 0.717) is 5.69 Å². The number of nitrogens with zero attached hydrogens (tertiary/aromatic N) is 1. The Hall–Kier alpha value is -3.72. The first kappa shape index (κ1) is 18.1. The molecule has 31 heavy (non-hydrogen) atoms. The predicted molar refractivity (Wildman–Crippen MR) is 121 cm³/mol. The molecule has 0 aromatic heterocycles. The number of fused-ring (bicyclic) bond motifs is 5. The zero-order valence-corrected chi connectivity index (χ0v) is 16.9. The molecule has 0 spiro atoms.